The van der Waals surface area contributed by atoms with Gasteiger partial charge in [-0.1, -0.05) is 0 Å². The number of nitrogens with two attached hydrogens (primary N) is 1. The Kier molecular flexibility index (Phi) is 7.05. The molecule has 2 aromatic heterocycles. The third kappa shape index (κ3) is 5.65. The van der Waals surface area contributed by atoms with E-state index in [0.717, 1.165) is 50.9 Å². The Morgan fingerprint density at radius 1 is 1.19 bits per heavy atom. The summed E-state index contributed by atoms with van der Waals surface area (Å²) in [6.45, 7) is 3.62. The maximum absolute atomic E-state index is 8.18. The van der Waals surface area contributed by atoms with E-state index in [0.29, 0.717) is 31.0 Å². The molecule has 0 aromatic carbocycles. The zero-order valence-corrected chi connectivity index (χ0v) is 18.8. The topological polar surface area (TPSA) is 130 Å². The van der Waals surface area contributed by atoms with Crippen LogP contribution in [0.25, 0.3) is 0 Å². The molecule has 0 unspecified atom stereocenters. The summed E-state index contributed by atoms with van der Waals surface area (Å²) in [4.78, 5) is 17.7. The molecule has 1 saturated heterocycles. The normalized spacial score (nSPS) is 21.5. The molecule has 11 nitrogen and oxygen atoms in total. The smallest absolute Gasteiger partial charge is 0.319 e. The van der Waals surface area contributed by atoms with E-state index in [1.807, 2.05) is 26.5 Å². The number of anilines is 2. The minimum atomic E-state index is 0.0121. The summed E-state index contributed by atoms with van der Waals surface area (Å²) < 4.78 is 12.7. The molecule has 0 bridgehead atoms. The SMILES string of the molecule is CN(C)Cc1cnc(NC2CCC(Oc3nc(N4CCOCC4)cc(=N)n3N)CC2)nc1. The van der Waals surface area contributed by atoms with Gasteiger partial charge in [0.25, 0.3) is 0 Å². The standard InChI is InChI=1S/C21H33N9O2/c1-28(2)14-15-12-24-20(25-13-15)26-16-3-5-17(6-4-16)32-21-27-19(11-18(22)30(21)23)29-7-9-31-10-8-29/h11-13,16-17,22H,3-10,14,23H2,1-2H3,(H,24,25,26). The first kappa shape index (κ1) is 22.3. The number of aromatic nitrogens is 4. The molecule has 4 rings (SSSR count). The van der Waals surface area contributed by atoms with Gasteiger partial charge in [0.1, 0.15) is 11.9 Å². The third-order valence-corrected chi connectivity index (χ3v) is 5.76. The van der Waals surface area contributed by atoms with Gasteiger partial charge in [-0.2, -0.15) is 9.66 Å². The number of nitrogens with one attached hydrogen (secondary N) is 2. The molecule has 1 aliphatic heterocycles. The molecule has 2 fully saturated rings. The first-order valence-corrected chi connectivity index (χ1v) is 11.1. The average Bonchev–Trinajstić information content (AvgIpc) is 2.79. The lowest BCUT2D eigenvalue weighted by Crippen LogP contribution is -2.40. The van der Waals surface area contributed by atoms with Crippen molar-refractivity contribution in [1.82, 2.24) is 24.5 Å². The molecule has 0 atom stereocenters. The van der Waals surface area contributed by atoms with Crippen LogP contribution in [0.1, 0.15) is 31.2 Å². The van der Waals surface area contributed by atoms with Gasteiger partial charge in [0.15, 0.2) is 5.49 Å². The average molecular weight is 444 g/mol. The van der Waals surface area contributed by atoms with E-state index >= 15 is 0 Å². The Balaban J connectivity index is 1.32. The van der Waals surface area contributed by atoms with Crippen molar-refractivity contribution in [3.63, 3.8) is 0 Å². The van der Waals surface area contributed by atoms with E-state index in [1.165, 1.54) is 4.68 Å². The maximum atomic E-state index is 8.18. The highest BCUT2D eigenvalue weighted by Gasteiger charge is 2.25. The van der Waals surface area contributed by atoms with Crippen LogP contribution in [0.5, 0.6) is 6.01 Å². The second-order valence-electron chi connectivity index (χ2n) is 8.64. The largest absolute Gasteiger partial charge is 0.460 e. The Morgan fingerprint density at radius 2 is 1.88 bits per heavy atom. The van der Waals surface area contributed by atoms with E-state index < -0.39 is 0 Å². The fraction of sp³-hybridized carbons (Fsp3) is 0.619. The summed E-state index contributed by atoms with van der Waals surface area (Å²) in [6, 6.07) is 2.26. The van der Waals surface area contributed by atoms with Crippen LogP contribution in [0, 0.1) is 5.41 Å². The molecule has 2 aromatic rings. The molecule has 0 spiro atoms. The minimum Gasteiger partial charge on any atom is -0.460 e. The van der Waals surface area contributed by atoms with Crippen LogP contribution in [-0.4, -0.2) is 77.1 Å². The summed E-state index contributed by atoms with van der Waals surface area (Å²) >= 11 is 0. The molecule has 1 saturated carbocycles. The van der Waals surface area contributed by atoms with Crippen LogP contribution in [0.4, 0.5) is 11.8 Å². The van der Waals surface area contributed by atoms with Crippen LogP contribution in [0.2, 0.25) is 0 Å². The van der Waals surface area contributed by atoms with E-state index in [2.05, 4.69) is 30.1 Å². The summed E-state index contributed by atoms with van der Waals surface area (Å²) in [5.74, 6) is 7.41. The number of nitrogen functional groups attached to an aromatic ring is 1. The molecule has 32 heavy (non-hydrogen) atoms. The Hall–Kier alpha value is -2.92. The molecular formula is C21H33N9O2. The summed E-state index contributed by atoms with van der Waals surface area (Å²) in [5, 5.41) is 11.6. The van der Waals surface area contributed by atoms with Gasteiger partial charge in [-0.15, -0.1) is 0 Å². The van der Waals surface area contributed by atoms with Crippen molar-refractivity contribution >= 4 is 11.8 Å². The van der Waals surface area contributed by atoms with Gasteiger partial charge in [-0.05, 0) is 39.8 Å². The highest BCUT2D eigenvalue weighted by atomic mass is 16.5. The fourth-order valence-corrected chi connectivity index (χ4v) is 4.05. The van der Waals surface area contributed by atoms with Crippen LogP contribution >= 0.6 is 0 Å². The second kappa shape index (κ2) is 10.1. The molecule has 3 heterocycles. The van der Waals surface area contributed by atoms with Crippen molar-refractivity contribution in [2.45, 2.75) is 44.4 Å². The minimum absolute atomic E-state index is 0.0121. The van der Waals surface area contributed by atoms with Gasteiger partial charge in [-0.25, -0.2) is 9.97 Å². The molecule has 1 aliphatic carbocycles. The van der Waals surface area contributed by atoms with E-state index in [-0.39, 0.29) is 17.6 Å². The summed E-state index contributed by atoms with van der Waals surface area (Å²) in [6.07, 6.45) is 7.37. The first-order valence-electron chi connectivity index (χ1n) is 11.1. The second-order valence-corrected chi connectivity index (χ2v) is 8.64. The fourth-order valence-electron chi connectivity index (χ4n) is 4.05. The quantitative estimate of drug-likeness (QED) is 0.526. The molecule has 11 heteroatoms. The lowest BCUT2D eigenvalue weighted by atomic mass is 9.93. The van der Waals surface area contributed by atoms with Crippen molar-refractivity contribution in [2.75, 3.05) is 56.5 Å². The predicted molar refractivity (Wildman–Crippen MR) is 121 cm³/mol. The number of nitrogens with zero attached hydrogens (tertiary/aromatic N) is 6. The lowest BCUT2D eigenvalue weighted by Gasteiger charge is -2.30. The zero-order valence-electron chi connectivity index (χ0n) is 18.8. The molecule has 2 aliphatic rings. The highest BCUT2D eigenvalue weighted by molar-refractivity contribution is 5.38. The van der Waals surface area contributed by atoms with Gasteiger partial charge in [0.05, 0.1) is 13.2 Å². The van der Waals surface area contributed by atoms with E-state index in [1.54, 1.807) is 6.07 Å². The van der Waals surface area contributed by atoms with Crippen LogP contribution < -0.4 is 26.3 Å². The molecule has 0 radical (unpaired) electrons. The number of rotatable bonds is 7. The van der Waals surface area contributed by atoms with Crippen molar-refractivity contribution in [3.05, 3.63) is 29.5 Å². The van der Waals surface area contributed by atoms with Gasteiger partial charge >= 0.3 is 6.01 Å². The van der Waals surface area contributed by atoms with Crippen LogP contribution in [-0.2, 0) is 11.3 Å². The number of ether oxygens (including phenoxy) is 2. The zero-order chi connectivity index (χ0) is 22.5. The molecular weight excluding hydrogens is 410 g/mol. The number of hydrogen-bond acceptors (Lipinski definition) is 10. The molecule has 0 amide bonds. The van der Waals surface area contributed by atoms with Gasteiger partial charge < -0.3 is 30.4 Å². The Morgan fingerprint density at radius 3 is 2.53 bits per heavy atom. The molecule has 4 N–H and O–H groups in total. The summed E-state index contributed by atoms with van der Waals surface area (Å²) in [7, 11) is 4.05. The van der Waals surface area contributed by atoms with E-state index in [4.69, 9.17) is 20.7 Å². The van der Waals surface area contributed by atoms with Gasteiger partial charge in [0, 0.05) is 49.7 Å². The maximum Gasteiger partial charge on any atom is 0.319 e. The van der Waals surface area contributed by atoms with Gasteiger partial charge in [-0.3, -0.25) is 5.41 Å². The van der Waals surface area contributed by atoms with Crippen molar-refractivity contribution in [2.24, 2.45) is 0 Å². The van der Waals surface area contributed by atoms with Crippen molar-refractivity contribution < 1.29 is 9.47 Å². The van der Waals surface area contributed by atoms with E-state index in [9.17, 15) is 0 Å². The summed E-state index contributed by atoms with van der Waals surface area (Å²) in [5.41, 5.74) is 1.26. The predicted octanol–water partition coefficient (Wildman–Crippen LogP) is 0.567. The Labute approximate surface area is 188 Å². The first-order chi connectivity index (χ1) is 15.5. The monoisotopic (exact) mass is 443 g/mol. The van der Waals surface area contributed by atoms with Crippen LogP contribution in [0.15, 0.2) is 18.5 Å². The van der Waals surface area contributed by atoms with Crippen molar-refractivity contribution in [3.8, 4) is 6.01 Å². The Bertz CT molecular complexity index is 933. The number of hydrogen-bond donors (Lipinski definition) is 3. The lowest BCUT2D eigenvalue weighted by molar-refractivity contribution is 0.120. The third-order valence-electron chi connectivity index (χ3n) is 5.76. The molecule has 174 valence electrons. The highest BCUT2D eigenvalue weighted by Crippen LogP contribution is 2.25. The van der Waals surface area contributed by atoms with Crippen LogP contribution in [0.3, 0.4) is 0 Å². The number of morpholine rings is 1. The van der Waals surface area contributed by atoms with Gasteiger partial charge in [0.2, 0.25) is 5.95 Å². The van der Waals surface area contributed by atoms with Crippen molar-refractivity contribution in [1.29, 1.82) is 5.41 Å².